The third-order valence-electron chi connectivity index (χ3n) is 2.17. The Morgan fingerprint density at radius 2 is 2.24 bits per heavy atom. The molecule has 0 aliphatic carbocycles. The lowest BCUT2D eigenvalue weighted by molar-refractivity contribution is -0.384. The molecule has 1 aromatic carbocycles. The van der Waals surface area contributed by atoms with Gasteiger partial charge in [-0.15, -0.1) is 0 Å². The minimum Gasteiger partial charge on any atom is -0.494 e. The largest absolute Gasteiger partial charge is 0.494 e. The smallest absolute Gasteiger partial charge is 0.296 e. The maximum atomic E-state index is 10.9. The lowest BCUT2D eigenvalue weighted by atomic mass is 10.2. The number of ether oxygens (including phenoxy) is 2. The van der Waals surface area contributed by atoms with Crippen molar-refractivity contribution in [3.05, 3.63) is 28.3 Å². The molecule has 17 heavy (non-hydrogen) atoms. The topological polar surface area (TPSA) is 73.6 Å². The van der Waals surface area contributed by atoms with Crippen molar-refractivity contribution in [2.45, 2.75) is 6.92 Å². The number of nitrogens with one attached hydrogen (secondary N) is 1. The summed E-state index contributed by atoms with van der Waals surface area (Å²) in [6.45, 7) is 3.50. The highest BCUT2D eigenvalue weighted by atomic mass is 16.6. The molecule has 1 rings (SSSR count). The van der Waals surface area contributed by atoms with Gasteiger partial charge < -0.3 is 14.8 Å². The molecule has 0 aliphatic heterocycles. The molecular weight excluding hydrogens is 224 g/mol. The van der Waals surface area contributed by atoms with E-state index < -0.39 is 4.92 Å². The van der Waals surface area contributed by atoms with E-state index in [1.165, 1.54) is 13.2 Å². The van der Waals surface area contributed by atoms with Crippen LogP contribution in [0.5, 0.6) is 5.75 Å². The normalized spacial score (nSPS) is 10.0. The molecule has 0 aliphatic rings. The zero-order valence-corrected chi connectivity index (χ0v) is 9.93. The van der Waals surface area contributed by atoms with Crippen LogP contribution in [0.1, 0.15) is 6.92 Å². The summed E-state index contributed by atoms with van der Waals surface area (Å²) in [5.74, 6) is 0.454. The van der Waals surface area contributed by atoms with Gasteiger partial charge in [0.25, 0.3) is 5.69 Å². The predicted octanol–water partition coefficient (Wildman–Crippen LogP) is 2.05. The number of nitro groups is 1. The molecule has 0 amide bonds. The molecule has 0 fully saturated rings. The molecule has 0 atom stereocenters. The zero-order valence-electron chi connectivity index (χ0n) is 9.93. The molecular formula is C11H16N2O4. The highest BCUT2D eigenvalue weighted by Crippen LogP contribution is 2.33. The molecule has 0 unspecified atom stereocenters. The molecule has 6 nitrogen and oxygen atoms in total. The number of nitrogens with zero attached hydrogens (tertiary/aromatic N) is 1. The highest BCUT2D eigenvalue weighted by molar-refractivity contribution is 5.69. The number of benzene rings is 1. The van der Waals surface area contributed by atoms with Crippen molar-refractivity contribution in [1.82, 2.24) is 0 Å². The van der Waals surface area contributed by atoms with Crippen molar-refractivity contribution < 1.29 is 14.4 Å². The summed E-state index contributed by atoms with van der Waals surface area (Å²) < 4.78 is 10.2. The molecule has 0 heterocycles. The van der Waals surface area contributed by atoms with Crippen molar-refractivity contribution in [2.75, 3.05) is 32.2 Å². The summed E-state index contributed by atoms with van der Waals surface area (Å²) >= 11 is 0. The first-order chi connectivity index (χ1) is 8.20. The van der Waals surface area contributed by atoms with E-state index in [4.69, 9.17) is 9.47 Å². The average molecular weight is 240 g/mol. The van der Waals surface area contributed by atoms with Crippen LogP contribution in [0.4, 0.5) is 11.4 Å². The van der Waals surface area contributed by atoms with Crippen LogP contribution in [0.15, 0.2) is 18.2 Å². The third-order valence-corrected chi connectivity index (χ3v) is 2.17. The molecule has 0 bridgehead atoms. The van der Waals surface area contributed by atoms with Gasteiger partial charge in [-0.25, -0.2) is 0 Å². The van der Waals surface area contributed by atoms with Gasteiger partial charge in [-0.05, 0) is 13.0 Å². The fourth-order valence-electron chi connectivity index (χ4n) is 1.41. The number of para-hydroxylation sites is 1. The summed E-state index contributed by atoms with van der Waals surface area (Å²) in [6, 6.07) is 4.70. The molecule has 1 N–H and O–H groups in total. The van der Waals surface area contributed by atoms with Crippen molar-refractivity contribution in [3.8, 4) is 5.75 Å². The van der Waals surface area contributed by atoms with Crippen LogP contribution >= 0.6 is 0 Å². The number of nitro benzene ring substituents is 1. The number of hydrogen-bond donors (Lipinski definition) is 1. The maximum Gasteiger partial charge on any atom is 0.296 e. The molecule has 1 aromatic rings. The van der Waals surface area contributed by atoms with Crippen LogP contribution in [-0.4, -0.2) is 31.8 Å². The van der Waals surface area contributed by atoms with Gasteiger partial charge in [0.1, 0.15) is 5.75 Å². The van der Waals surface area contributed by atoms with Crippen molar-refractivity contribution >= 4 is 11.4 Å². The predicted molar refractivity (Wildman–Crippen MR) is 64.6 cm³/mol. The number of methoxy groups -OCH3 is 1. The Hall–Kier alpha value is -1.82. The van der Waals surface area contributed by atoms with Gasteiger partial charge in [0.2, 0.25) is 0 Å². The SMILES string of the molecule is CCOCCNc1c(OC)cccc1[N+](=O)[O-]. The van der Waals surface area contributed by atoms with E-state index in [1.54, 1.807) is 12.1 Å². The fourth-order valence-corrected chi connectivity index (χ4v) is 1.41. The minimum atomic E-state index is -0.439. The Morgan fingerprint density at radius 3 is 2.82 bits per heavy atom. The van der Waals surface area contributed by atoms with Crippen molar-refractivity contribution in [2.24, 2.45) is 0 Å². The van der Waals surface area contributed by atoms with Gasteiger partial charge in [0.05, 0.1) is 18.6 Å². The minimum absolute atomic E-state index is 0.000786. The second-order valence-electron chi connectivity index (χ2n) is 3.24. The first-order valence-corrected chi connectivity index (χ1v) is 5.33. The number of anilines is 1. The van der Waals surface area contributed by atoms with Gasteiger partial charge >= 0.3 is 0 Å². The summed E-state index contributed by atoms with van der Waals surface area (Å²) in [7, 11) is 1.48. The maximum absolute atomic E-state index is 10.9. The summed E-state index contributed by atoms with van der Waals surface area (Å²) in [5.41, 5.74) is 0.389. The highest BCUT2D eigenvalue weighted by Gasteiger charge is 2.17. The van der Waals surface area contributed by atoms with E-state index >= 15 is 0 Å². The number of rotatable bonds is 7. The van der Waals surface area contributed by atoms with Crippen LogP contribution in [0.3, 0.4) is 0 Å². The Morgan fingerprint density at radius 1 is 1.47 bits per heavy atom. The molecule has 0 saturated heterocycles. The van der Waals surface area contributed by atoms with Crippen LogP contribution in [0.2, 0.25) is 0 Å². The van der Waals surface area contributed by atoms with E-state index in [-0.39, 0.29) is 5.69 Å². The van der Waals surface area contributed by atoms with Gasteiger partial charge in [0.15, 0.2) is 5.69 Å². The van der Waals surface area contributed by atoms with Crippen LogP contribution in [0.25, 0.3) is 0 Å². The molecule has 0 saturated carbocycles. The zero-order chi connectivity index (χ0) is 12.7. The van der Waals surface area contributed by atoms with Gasteiger partial charge in [-0.1, -0.05) is 6.07 Å². The van der Waals surface area contributed by atoms with Gasteiger partial charge in [-0.2, -0.15) is 0 Å². The molecule has 0 radical (unpaired) electrons. The second kappa shape index (κ2) is 6.70. The van der Waals surface area contributed by atoms with Crippen LogP contribution < -0.4 is 10.1 Å². The van der Waals surface area contributed by atoms with E-state index in [9.17, 15) is 10.1 Å². The molecule has 0 spiro atoms. The first-order valence-electron chi connectivity index (χ1n) is 5.33. The molecule has 6 heteroatoms. The molecule has 0 aromatic heterocycles. The Balaban J connectivity index is 2.82. The average Bonchev–Trinajstić information content (AvgIpc) is 2.34. The van der Waals surface area contributed by atoms with E-state index in [1.807, 2.05) is 6.92 Å². The van der Waals surface area contributed by atoms with Gasteiger partial charge in [0, 0.05) is 19.2 Å². The summed E-state index contributed by atoms with van der Waals surface area (Å²) in [6.07, 6.45) is 0. The summed E-state index contributed by atoms with van der Waals surface area (Å²) in [5, 5.41) is 13.8. The second-order valence-corrected chi connectivity index (χ2v) is 3.24. The van der Waals surface area contributed by atoms with Crippen LogP contribution in [0, 0.1) is 10.1 Å². The standard InChI is InChI=1S/C11H16N2O4/c1-3-17-8-7-12-11-9(13(14)15)5-4-6-10(11)16-2/h4-6,12H,3,7-8H2,1-2H3. The lowest BCUT2D eigenvalue weighted by Crippen LogP contribution is -2.11. The Kier molecular flexibility index (Phi) is 5.22. The first kappa shape index (κ1) is 13.2. The Labute approximate surface area is 99.7 Å². The van der Waals surface area contributed by atoms with E-state index in [0.717, 1.165) is 0 Å². The van der Waals surface area contributed by atoms with E-state index in [0.29, 0.717) is 31.2 Å². The Bertz CT molecular complexity index is 382. The third kappa shape index (κ3) is 3.60. The molecule has 94 valence electrons. The van der Waals surface area contributed by atoms with Crippen molar-refractivity contribution in [1.29, 1.82) is 0 Å². The van der Waals surface area contributed by atoms with Crippen LogP contribution in [-0.2, 0) is 4.74 Å². The van der Waals surface area contributed by atoms with Gasteiger partial charge in [-0.3, -0.25) is 10.1 Å². The summed E-state index contributed by atoms with van der Waals surface area (Å²) in [4.78, 5) is 10.4. The lowest BCUT2D eigenvalue weighted by Gasteiger charge is -2.11. The van der Waals surface area contributed by atoms with E-state index in [2.05, 4.69) is 5.32 Å². The monoisotopic (exact) mass is 240 g/mol. The van der Waals surface area contributed by atoms with Crippen molar-refractivity contribution in [3.63, 3.8) is 0 Å². The number of hydrogen-bond acceptors (Lipinski definition) is 5. The quantitative estimate of drug-likeness (QED) is 0.448. The fraction of sp³-hybridized carbons (Fsp3) is 0.455.